The van der Waals surface area contributed by atoms with Gasteiger partial charge in [0.1, 0.15) is 5.84 Å². The number of hydrogen-bond acceptors (Lipinski definition) is 4. The Morgan fingerprint density at radius 3 is 2.50 bits per heavy atom. The minimum Gasteiger partial charge on any atom is -0.399 e. The molecule has 2 rings (SSSR count). The molecule has 0 saturated carbocycles. The number of rotatable bonds is 5. The van der Waals surface area contributed by atoms with Gasteiger partial charge in [-0.1, -0.05) is 31.6 Å². The molecule has 0 atom stereocenters. The molecular formula is C21H29N5. The Bertz CT molecular complexity index is 745. The fourth-order valence-electron chi connectivity index (χ4n) is 2.13. The third-order valence-electron chi connectivity index (χ3n) is 3.53. The quantitative estimate of drug-likeness (QED) is 0.358. The van der Waals surface area contributed by atoms with Crippen LogP contribution in [0, 0.1) is 12.3 Å². The third-order valence-corrected chi connectivity index (χ3v) is 3.53. The molecule has 0 aromatic heterocycles. The van der Waals surface area contributed by atoms with Gasteiger partial charge in [0, 0.05) is 35.9 Å². The zero-order valence-electron chi connectivity index (χ0n) is 15.8. The summed E-state index contributed by atoms with van der Waals surface area (Å²) in [4.78, 5) is 4.16. The van der Waals surface area contributed by atoms with Crippen molar-refractivity contribution in [2.75, 3.05) is 23.8 Å². The van der Waals surface area contributed by atoms with Crippen LogP contribution in [-0.4, -0.2) is 19.1 Å². The van der Waals surface area contributed by atoms with Crippen LogP contribution in [0.25, 0.3) is 0 Å². The normalized spacial score (nSPS) is 11.0. The van der Waals surface area contributed by atoms with Crippen molar-refractivity contribution in [3.8, 4) is 0 Å². The number of nitrogens with two attached hydrogens (primary N) is 2. The maximum atomic E-state index is 7.27. The van der Waals surface area contributed by atoms with Crippen molar-refractivity contribution in [3.05, 3.63) is 65.7 Å². The molecule has 5 nitrogen and oxygen atoms in total. The van der Waals surface area contributed by atoms with E-state index in [0.29, 0.717) is 11.3 Å². The summed E-state index contributed by atoms with van der Waals surface area (Å²) in [5, 5.41) is 10.5. The SMILES string of the molecule is CCC/C=C\C(=NC)Nc1ccc(N)c(C=N)c1.Cc1cccc(N)c1. The van der Waals surface area contributed by atoms with E-state index < -0.39 is 0 Å². The zero-order valence-corrected chi connectivity index (χ0v) is 15.8. The summed E-state index contributed by atoms with van der Waals surface area (Å²) < 4.78 is 0. The molecule has 5 heteroatoms. The van der Waals surface area contributed by atoms with Crippen molar-refractivity contribution in [2.24, 2.45) is 4.99 Å². The number of allylic oxidation sites excluding steroid dienone is 1. The van der Waals surface area contributed by atoms with Gasteiger partial charge in [-0.15, -0.1) is 0 Å². The highest BCUT2D eigenvalue weighted by Crippen LogP contribution is 2.16. The van der Waals surface area contributed by atoms with E-state index in [9.17, 15) is 0 Å². The molecule has 0 aliphatic heterocycles. The van der Waals surface area contributed by atoms with Gasteiger partial charge in [-0.2, -0.15) is 0 Å². The number of unbranched alkanes of at least 4 members (excludes halogenated alkanes) is 1. The molecule has 0 heterocycles. The second kappa shape index (κ2) is 11.5. The Hall–Kier alpha value is -3.08. The van der Waals surface area contributed by atoms with Crippen LogP contribution >= 0.6 is 0 Å². The lowest BCUT2D eigenvalue weighted by atomic mass is 10.1. The lowest BCUT2D eigenvalue weighted by Gasteiger charge is -2.08. The van der Waals surface area contributed by atoms with Crippen LogP contribution < -0.4 is 16.8 Å². The number of nitrogens with one attached hydrogen (secondary N) is 2. The Labute approximate surface area is 156 Å². The summed E-state index contributed by atoms with van der Waals surface area (Å²) in [7, 11) is 1.74. The van der Waals surface area contributed by atoms with E-state index in [4.69, 9.17) is 16.9 Å². The zero-order chi connectivity index (χ0) is 19.4. The molecule has 0 saturated heterocycles. The molecule has 26 heavy (non-hydrogen) atoms. The molecule has 138 valence electrons. The van der Waals surface area contributed by atoms with Crippen molar-refractivity contribution in [1.82, 2.24) is 0 Å². The van der Waals surface area contributed by atoms with Gasteiger partial charge in [-0.25, -0.2) is 0 Å². The Kier molecular flexibility index (Phi) is 9.25. The fraction of sp³-hybridized carbons (Fsp3) is 0.238. The molecular weight excluding hydrogens is 322 g/mol. The van der Waals surface area contributed by atoms with Crippen LogP contribution in [0.3, 0.4) is 0 Å². The van der Waals surface area contributed by atoms with Gasteiger partial charge in [-0.05, 0) is 55.3 Å². The molecule has 2 aromatic rings. The topological polar surface area (TPSA) is 100 Å². The van der Waals surface area contributed by atoms with Crippen molar-refractivity contribution in [2.45, 2.75) is 26.7 Å². The largest absolute Gasteiger partial charge is 0.399 e. The maximum Gasteiger partial charge on any atom is 0.124 e. The van der Waals surface area contributed by atoms with E-state index in [0.717, 1.165) is 30.1 Å². The predicted octanol–water partition coefficient (Wildman–Crippen LogP) is 4.64. The molecule has 2 aromatic carbocycles. The van der Waals surface area contributed by atoms with Gasteiger partial charge in [-0.3, -0.25) is 4.99 Å². The minimum atomic E-state index is 0.604. The van der Waals surface area contributed by atoms with E-state index in [-0.39, 0.29) is 0 Å². The van der Waals surface area contributed by atoms with E-state index in [1.807, 2.05) is 49.4 Å². The molecule has 0 unspecified atom stereocenters. The van der Waals surface area contributed by atoms with E-state index >= 15 is 0 Å². The van der Waals surface area contributed by atoms with Crippen LogP contribution in [0.2, 0.25) is 0 Å². The van der Waals surface area contributed by atoms with E-state index in [1.54, 1.807) is 13.1 Å². The molecule has 0 aliphatic rings. The number of aliphatic imine (C=N–C) groups is 1. The standard InChI is InChI=1S/C14H20N4.C7H9N/c1-3-4-5-6-14(17-2)18-12-7-8-13(16)11(9-12)10-15;1-6-3-2-4-7(8)5-6/h5-10,15H,3-4,16H2,1-2H3,(H,17,18);2-5H,8H2,1H3/b6-5-,15-10?;. The average molecular weight is 351 g/mol. The van der Waals surface area contributed by atoms with Crippen molar-refractivity contribution in [3.63, 3.8) is 0 Å². The van der Waals surface area contributed by atoms with Gasteiger partial charge in [0.15, 0.2) is 0 Å². The van der Waals surface area contributed by atoms with Gasteiger partial charge < -0.3 is 22.2 Å². The summed E-state index contributed by atoms with van der Waals surface area (Å²) >= 11 is 0. The molecule has 0 aliphatic carbocycles. The highest BCUT2D eigenvalue weighted by molar-refractivity contribution is 6.04. The second-order valence-electron chi connectivity index (χ2n) is 5.83. The first-order chi connectivity index (χ1) is 12.5. The smallest absolute Gasteiger partial charge is 0.124 e. The highest BCUT2D eigenvalue weighted by Gasteiger charge is 2.00. The van der Waals surface area contributed by atoms with Crippen molar-refractivity contribution >= 4 is 29.1 Å². The average Bonchev–Trinajstić information content (AvgIpc) is 2.62. The van der Waals surface area contributed by atoms with E-state index in [2.05, 4.69) is 23.3 Å². The number of benzene rings is 2. The van der Waals surface area contributed by atoms with Crippen LogP contribution in [0.4, 0.5) is 17.1 Å². The molecule has 0 fully saturated rings. The molecule has 0 radical (unpaired) electrons. The number of hydrogen-bond donors (Lipinski definition) is 4. The number of nitrogens with zero attached hydrogens (tertiary/aromatic N) is 1. The van der Waals surface area contributed by atoms with Crippen molar-refractivity contribution < 1.29 is 0 Å². The van der Waals surface area contributed by atoms with E-state index in [1.165, 1.54) is 11.8 Å². The predicted molar refractivity (Wildman–Crippen MR) is 115 cm³/mol. The first-order valence-electron chi connectivity index (χ1n) is 8.62. The summed E-state index contributed by atoms with van der Waals surface area (Å²) in [6.45, 7) is 4.16. The van der Waals surface area contributed by atoms with Gasteiger partial charge in [0.25, 0.3) is 0 Å². The van der Waals surface area contributed by atoms with Crippen LogP contribution in [0.1, 0.15) is 30.9 Å². The van der Waals surface area contributed by atoms with Gasteiger partial charge in [0.05, 0.1) is 0 Å². The molecule has 0 spiro atoms. The first kappa shape index (κ1) is 21.0. The van der Waals surface area contributed by atoms with Crippen LogP contribution in [0.5, 0.6) is 0 Å². The molecule has 0 amide bonds. The Balaban J connectivity index is 0.000000350. The first-order valence-corrected chi connectivity index (χ1v) is 8.62. The molecule has 0 bridgehead atoms. The number of amidine groups is 1. The second-order valence-corrected chi connectivity index (χ2v) is 5.83. The Morgan fingerprint density at radius 2 is 1.96 bits per heavy atom. The van der Waals surface area contributed by atoms with Crippen molar-refractivity contribution in [1.29, 1.82) is 5.41 Å². The number of aryl methyl sites for hydroxylation is 1. The fourth-order valence-corrected chi connectivity index (χ4v) is 2.13. The van der Waals surface area contributed by atoms with Gasteiger partial charge >= 0.3 is 0 Å². The van der Waals surface area contributed by atoms with Crippen LogP contribution in [0.15, 0.2) is 59.6 Å². The summed E-state index contributed by atoms with van der Waals surface area (Å²) in [6.07, 6.45) is 7.45. The summed E-state index contributed by atoms with van der Waals surface area (Å²) in [6, 6.07) is 13.3. The number of nitrogen functional groups attached to an aromatic ring is 2. The highest BCUT2D eigenvalue weighted by atomic mass is 15.0. The summed E-state index contributed by atoms with van der Waals surface area (Å²) in [5.74, 6) is 0.796. The minimum absolute atomic E-state index is 0.604. The van der Waals surface area contributed by atoms with Crippen LogP contribution in [-0.2, 0) is 0 Å². The Morgan fingerprint density at radius 1 is 1.19 bits per heavy atom. The number of anilines is 3. The lowest BCUT2D eigenvalue weighted by Crippen LogP contribution is -2.09. The lowest BCUT2D eigenvalue weighted by molar-refractivity contribution is 0.959. The molecule has 6 N–H and O–H groups in total. The third kappa shape index (κ3) is 7.66. The maximum absolute atomic E-state index is 7.27. The monoisotopic (exact) mass is 351 g/mol. The summed E-state index contributed by atoms with van der Waals surface area (Å²) in [5.41, 5.74) is 15.4. The van der Waals surface area contributed by atoms with Gasteiger partial charge in [0.2, 0.25) is 0 Å².